The highest BCUT2D eigenvalue weighted by molar-refractivity contribution is 6.74. The minimum absolute atomic E-state index is 0.101. The number of carbonyl (C=O) groups is 1. The van der Waals surface area contributed by atoms with Gasteiger partial charge in [-0.3, -0.25) is 4.79 Å². The minimum Gasteiger partial charge on any atom is -0.497 e. The highest BCUT2D eigenvalue weighted by Gasteiger charge is 2.39. The Labute approximate surface area is 165 Å². The molecule has 1 unspecified atom stereocenters. The highest BCUT2D eigenvalue weighted by Crippen LogP contribution is 2.38. The summed E-state index contributed by atoms with van der Waals surface area (Å²) in [6.07, 6.45) is 4.49. The molecule has 0 aromatic heterocycles. The second-order valence-corrected chi connectivity index (χ2v) is 12.9. The zero-order chi connectivity index (χ0) is 20.5. The van der Waals surface area contributed by atoms with E-state index in [0.29, 0.717) is 19.6 Å². The maximum absolute atomic E-state index is 10.6. The molecule has 0 aliphatic carbocycles. The topological polar surface area (TPSA) is 44.8 Å². The van der Waals surface area contributed by atoms with Crippen molar-refractivity contribution >= 4 is 14.6 Å². The smallest absolute Gasteiger partial charge is 0.192 e. The third-order valence-electron chi connectivity index (χ3n) is 5.00. The lowest BCUT2D eigenvalue weighted by atomic mass is 10.1. The summed E-state index contributed by atoms with van der Waals surface area (Å²) in [5.74, 6) is 0.833. The molecule has 150 valence electrons. The first-order chi connectivity index (χ1) is 12.6. The van der Waals surface area contributed by atoms with Gasteiger partial charge in [-0.05, 0) is 53.9 Å². The Kier molecular flexibility index (Phi) is 9.16. The zero-order valence-electron chi connectivity index (χ0n) is 17.6. The van der Waals surface area contributed by atoms with E-state index < -0.39 is 8.32 Å². The molecule has 1 rings (SSSR count). The minimum atomic E-state index is -1.96. The van der Waals surface area contributed by atoms with Gasteiger partial charge in [0.2, 0.25) is 0 Å². The van der Waals surface area contributed by atoms with Gasteiger partial charge in [0.15, 0.2) is 8.32 Å². The number of ether oxygens (including phenoxy) is 2. The Balaban J connectivity index is 2.66. The molecule has 1 aromatic rings. The van der Waals surface area contributed by atoms with Crippen molar-refractivity contribution in [3.8, 4) is 5.75 Å². The van der Waals surface area contributed by atoms with Crippen LogP contribution in [-0.4, -0.2) is 34.4 Å². The third kappa shape index (κ3) is 7.83. The number of hydrogen-bond donors (Lipinski definition) is 0. The summed E-state index contributed by atoms with van der Waals surface area (Å²) < 4.78 is 17.5. The molecule has 0 spiro atoms. The van der Waals surface area contributed by atoms with E-state index in [-0.39, 0.29) is 11.1 Å². The molecule has 0 bridgehead atoms. The molecule has 0 saturated heterocycles. The normalized spacial score (nSPS) is 13.6. The van der Waals surface area contributed by atoms with Crippen LogP contribution in [0.25, 0.3) is 0 Å². The molecule has 0 saturated carbocycles. The summed E-state index contributed by atoms with van der Waals surface area (Å²) in [7, 11) is -0.304. The zero-order valence-corrected chi connectivity index (χ0v) is 18.6. The lowest BCUT2D eigenvalue weighted by molar-refractivity contribution is -0.104. The van der Waals surface area contributed by atoms with Gasteiger partial charge >= 0.3 is 0 Å². The van der Waals surface area contributed by atoms with E-state index in [4.69, 9.17) is 13.9 Å². The van der Waals surface area contributed by atoms with E-state index in [1.807, 2.05) is 24.3 Å². The van der Waals surface area contributed by atoms with E-state index in [9.17, 15) is 4.79 Å². The maximum Gasteiger partial charge on any atom is 0.192 e. The monoisotopic (exact) mass is 390 g/mol. The van der Waals surface area contributed by atoms with Crippen LogP contribution in [-0.2, 0) is 20.6 Å². The van der Waals surface area contributed by atoms with Crippen LogP contribution in [0.2, 0.25) is 18.1 Å². The average molecular weight is 391 g/mol. The summed E-state index contributed by atoms with van der Waals surface area (Å²) in [5.41, 5.74) is 1.90. The van der Waals surface area contributed by atoms with Crippen LogP contribution in [0.15, 0.2) is 48.6 Å². The molecule has 4 nitrogen and oxygen atoms in total. The number of hydrogen-bond acceptors (Lipinski definition) is 4. The van der Waals surface area contributed by atoms with Crippen molar-refractivity contribution in [2.45, 2.75) is 58.0 Å². The highest BCUT2D eigenvalue weighted by atomic mass is 28.4. The quantitative estimate of drug-likeness (QED) is 0.169. The van der Waals surface area contributed by atoms with E-state index in [1.54, 1.807) is 13.2 Å². The van der Waals surface area contributed by atoms with Crippen LogP contribution >= 0.6 is 0 Å². The molecular formula is C22H34O4Si. The number of aldehydes is 1. The summed E-state index contributed by atoms with van der Waals surface area (Å²) in [4.78, 5) is 10.6. The van der Waals surface area contributed by atoms with Gasteiger partial charge in [-0.25, -0.2) is 0 Å². The Morgan fingerprint density at radius 1 is 1.22 bits per heavy atom. The van der Waals surface area contributed by atoms with Crippen molar-refractivity contribution < 1.29 is 18.7 Å². The van der Waals surface area contributed by atoms with E-state index in [0.717, 1.165) is 23.2 Å². The van der Waals surface area contributed by atoms with Crippen molar-refractivity contribution in [3.63, 3.8) is 0 Å². The molecule has 1 atom stereocenters. The molecule has 0 aliphatic heterocycles. The summed E-state index contributed by atoms with van der Waals surface area (Å²) >= 11 is 0. The summed E-state index contributed by atoms with van der Waals surface area (Å²) in [5, 5.41) is 0.101. The van der Waals surface area contributed by atoms with E-state index in [2.05, 4.69) is 40.4 Å². The molecule has 0 fully saturated rings. The van der Waals surface area contributed by atoms with Crippen molar-refractivity contribution in [3.05, 3.63) is 54.1 Å². The number of methoxy groups -OCH3 is 1. The number of carbonyl (C=O) groups excluding carboxylic acids is 1. The fourth-order valence-corrected chi connectivity index (χ4v) is 3.56. The van der Waals surface area contributed by atoms with Crippen molar-refractivity contribution in [2.75, 3.05) is 13.7 Å². The molecule has 0 aliphatic rings. The van der Waals surface area contributed by atoms with Gasteiger partial charge in [0.25, 0.3) is 0 Å². The Bertz CT molecular complexity index is 627. The Hall–Kier alpha value is -1.69. The molecule has 0 amide bonds. The summed E-state index contributed by atoms with van der Waals surface area (Å²) in [6, 6.07) is 7.84. The fraction of sp³-hybridized carbons (Fsp3) is 0.500. The third-order valence-corrected chi connectivity index (χ3v) is 9.48. The molecule has 0 radical (unpaired) electrons. The first-order valence-electron chi connectivity index (χ1n) is 9.30. The van der Waals surface area contributed by atoms with Crippen LogP contribution in [0.4, 0.5) is 0 Å². The van der Waals surface area contributed by atoms with E-state index >= 15 is 0 Å². The Morgan fingerprint density at radius 3 is 2.37 bits per heavy atom. The van der Waals surface area contributed by atoms with Gasteiger partial charge in [-0.15, -0.1) is 0 Å². The summed E-state index contributed by atoms with van der Waals surface area (Å²) in [6.45, 7) is 16.2. The van der Waals surface area contributed by atoms with Gasteiger partial charge in [-0.1, -0.05) is 45.6 Å². The molecule has 0 N–H and O–H groups in total. The number of benzene rings is 1. The standard InChI is InChI=1S/C22H34O4Si/c1-18(9-8-15-23)21(26-27(6,7)22(2,3)4)14-16-25-17-19-10-12-20(24-5)13-11-19/h8-13,15,21H,1,14,16-17H2,2-7H3/b9-8+. The Morgan fingerprint density at radius 2 is 1.85 bits per heavy atom. The van der Waals surface area contributed by atoms with Crippen LogP contribution in [0, 0.1) is 0 Å². The first kappa shape index (κ1) is 23.3. The van der Waals surface area contributed by atoms with Crippen molar-refractivity contribution in [2.24, 2.45) is 0 Å². The van der Waals surface area contributed by atoms with Crippen LogP contribution in [0.5, 0.6) is 5.75 Å². The van der Waals surface area contributed by atoms with Crippen LogP contribution < -0.4 is 4.74 Å². The molecular weight excluding hydrogens is 356 g/mol. The maximum atomic E-state index is 10.6. The molecule has 5 heteroatoms. The second-order valence-electron chi connectivity index (χ2n) is 8.13. The second kappa shape index (κ2) is 10.6. The fourth-order valence-electron chi connectivity index (χ4n) is 2.22. The SMILES string of the molecule is C=C(/C=C/C=O)C(CCOCc1ccc(OC)cc1)O[Si](C)(C)C(C)(C)C. The molecule has 1 aromatic carbocycles. The largest absolute Gasteiger partial charge is 0.497 e. The first-order valence-corrected chi connectivity index (χ1v) is 12.2. The van der Waals surface area contributed by atoms with Gasteiger partial charge in [0, 0.05) is 6.61 Å². The van der Waals surface area contributed by atoms with Gasteiger partial charge < -0.3 is 13.9 Å². The van der Waals surface area contributed by atoms with Gasteiger partial charge in [-0.2, -0.15) is 0 Å². The van der Waals surface area contributed by atoms with E-state index in [1.165, 1.54) is 6.08 Å². The van der Waals surface area contributed by atoms with Crippen molar-refractivity contribution in [1.82, 2.24) is 0 Å². The number of rotatable bonds is 11. The predicted octanol–water partition coefficient (Wildman–Crippen LogP) is 5.30. The van der Waals surface area contributed by atoms with Gasteiger partial charge in [0.05, 0.1) is 19.8 Å². The van der Waals surface area contributed by atoms with Crippen LogP contribution in [0.3, 0.4) is 0 Å². The number of allylic oxidation sites excluding steroid dienone is 1. The van der Waals surface area contributed by atoms with Gasteiger partial charge in [0.1, 0.15) is 12.0 Å². The molecule has 27 heavy (non-hydrogen) atoms. The molecule has 0 heterocycles. The predicted molar refractivity (Wildman–Crippen MR) is 114 cm³/mol. The lowest BCUT2D eigenvalue weighted by Gasteiger charge is -2.39. The van der Waals surface area contributed by atoms with Crippen molar-refractivity contribution in [1.29, 1.82) is 0 Å². The lowest BCUT2D eigenvalue weighted by Crippen LogP contribution is -2.44. The average Bonchev–Trinajstić information content (AvgIpc) is 2.61. The van der Waals surface area contributed by atoms with Crippen LogP contribution in [0.1, 0.15) is 32.8 Å².